The van der Waals surface area contributed by atoms with Crippen molar-refractivity contribution in [1.29, 1.82) is 0 Å². The van der Waals surface area contributed by atoms with Crippen molar-refractivity contribution in [2.24, 2.45) is 11.8 Å². The molecule has 1 atom stereocenters. The first-order valence-corrected chi connectivity index (χ1v) is 3.35. The van der Waals surface area contributed by atoms with Crippen LogP contribution in [0, 0.1) is 5.92 Å². The summed E-state index contributed by atoms with van der Waals surface area (Å²) in [5.41, 5.74) is 3.64. The third-order valence-corrected chi connectivity index (χ3v) is 1.41. The lowest BCUT2D eigenvalue weighted by molar-refractivity contribution is 0.681. The van der Waals surface area contributed by atoms with Gasteiger partial charge in [-0.25, -0.2) is 0 Å². The van der Waals surface area contributed by atoms with Crippen molar-refractivity contribution in [2.75, 3.05) is 0 Å². The maximum Gasteiger partial charge on any atom is 0.0191 e. The SMILES string of the molecule is CCC(C)/C=C(\C)NN. The lowest BCUT2D eigenvalue weighted by Gasteiger charge is -2.03. The molecule has 3 N–H and O–H groups in total. The summed E-state index contributed by atoms with van der Waals surface area (Å²) in [5, 5.41) is 0. The van der Waals surface area contributed by atoms with Crippen LogP contribution >= 0.6 is 0 Å². The number of allylic oxidation sites excluding steroid dienone is 2. The minimum absolute atomic E-state index is 0.626. The second-order valence-corrected chi connectivity index (χ2v) is 2.38. The average Bonchev–Trinajstić information content (AvgIpc) is 1.87. The van der Waals surface area contributed by atoms with Crippen LogP contribution in [0.4, 0.5) is 0 Å². The quantitative estimate of drug-likeness (QED) is 0.445. The van der Waals surface area contributed by atoms with Crippen molar-refractivity contribution in [2.45, 2.75) is 27.2 Å². The second kappa shape index (κ2) is 4.39. The molecule has 0 bridgehead atoms. The Kier molecular flexibility index (Phi) is 4.14. The van der Waals surface area contributed by atoms with E-state index in [9.17, 15) is 0 Å². The Hall–Kier alpha value is -0.500. The highest BCUT2D eigenvalue weighted by atomic mass is 15.2. The molecule has 54 valence electrons. The number of rotatable bonds is 3. The van der Waals surface area contributed by atoms with E-state index in [1.165, 1.54) is 6.42 Å². The summed E-state index contributed by atoms with van der Waals surface area (Å²) in [6.07, 6.45) is 3.29. The molecule has 0 amide bonds. The smallest absolute Gasteiger partial charge is 0.0191 e. The van der Waals surface area contributed by atoms with E-state index in [1.54, 1.807) is 0 Å². The van der Waals surface area contributed by atoms with Gasteiger partial charge in [-0.2, -0.15) is 0 Å². The molecule has 1 unspecified atom stereocenters. The zero-order valence-corrected chi connectivity index (χ0v) is 6.44. The molecule has 0 rings (SSSR count). The molecule has 0 radical (unpaired) electrons. The highest BCUT2D eigenvalue weighted by Crippen LogP contribution is 2.03. The van der Waals surface area contributed by atoms with Gasteiger partial charge in [-0.05, 0) is 12.8 Å². The van der Waals surface area contributed by atoms with E-state index in [1.807, 2.05) is 6.92 Å². The fraction of sp³-hybridized carbons (Fsp3) is 0.714. The molecule has 0 aromatic carbocycles. The summed E-state index contributed by atoms with van der Waals surface area (Å²) in [6.45, 7) is 6.29. The number of hydrazine groups is 1. The Labute approximate surface area is 57.1 Å². The molecule has 0 aliphatic heterocycles. The van der Waals surface area contributed by atoms with Crippen molar-refractivity contribution in [1.82, 2.24) is 5.43 Å². The average molecular weight is 128 g/mol. The van der Waals surface area contributed by atoms with Crippen LogP contribution in [0.2, 0.25) is 0 Å². The molecule has 0 aliphatic rings. The Morgan fingerprint density at radius 1 is 1.78 bits per heavy atom. The summed E-state index contributed by atoms with van der Waals surface area (Å²) in [4.78, 5) is 0. The fourth-order valence-electron chi connectivity index (χ4n) is 0.593. The Balaban J connectivity index is 3.64. The van der Waals surface area contributed by atoms with Gasteiger partial charge in [-0.1, -0.05) is 26.3 Å². The standard InChI is InChI=1S/C7H16N2/c1-4-6(2)5-7(3)9-8/h5-6,9H,4,8H2,1-3H3/b7-5+. The summed E-state index contributed by atoms with van der Waals surface area (Å²) in [7, 11) is 0. The summed E-state index contributed by atoms with van der Waals surface area (Å²) in [5.74, 6) is 5.78. The van der Waals surface area contributed by atoms with Crippen LogP contribution in [-0.4, -0.2) is 0 Å². The van der Waals surface area contributed by atoms with E-state index >= 15 is 0 Å². The predicted molar refractivity (Wildman–Crippen MR) is 40.5 cm³/mol. The molecule has 2 nitrogen and oxygen atoms in total. The maximum absolute atomic E-state index is 5.16. The normalized spacial score (nSPS) is 15.3. The molecule has 0 aliphatic carbocycles. The molecule has 2 heteroatoms. The Morgan fingerprint density at radius 3 is 2.67 bits per heavy atom. The van der Waals surface area contributed by atoms with Gasteiger partial charge in [0.1, 0.15) is 0 Å². The van der Waals surface area contributed by atoms with Crippen LogP contribution in [0.25, 0.3) is 0 Å². The third-order valence-electron chi connectivity index (χ3n) is 1.41. The van der Waals surface area contributed by atoms with E-state index in [2.05, 4.69) is 25.3 Å². The monoisotopic (exact) mass is 128 g/mol. The van der Waals surface area contributed by atoms with Crippen LogP contribution < -0.4 is 11.3 Å². The van der Waals surface area contributed by atoms with Crippen LogP contribution in [0.5, 0.6) is 0 Å². The van der Waals surface area contributed by atoms with E-state index in [-0.39, 0.29) is 0 Å². The van der Waals surface area contributed by atoms with Gasteiger partial charge >= 0.3 is 0 Å². The molecule has 0 fully saturated rings. The van der Waals surface area contributed by atoms with Gasteiger partial charge in [0.2, 0.25) is 0 Å². The number of hydrogen-bond acceptors (Lipinski definition) is 2. The van der Waals surface area contributed by atoms with Gasteiger partial charge in [0, 0.05) is 5.70 Å². The van der Waals surface area contributed by atoms with Crippen molar-refractivity contribution >= 4 is 0 Å². The molecule has 0 saturated heterocycles. The van der Waals surface area contributed by atoms with E-state index < -0.39 is 0 Å². The third kappa shape index (κ3) is 4.03. The summed E-state index contributed by atoms with van der Waals surface area (Å²) < 4.78 is 0. The van der Waals surface area contributed by atoms with Gasteiger partial charge in [0.25, 0.3) is 0 Å². The van der Waals surface area contributed by atoms with Crippen molar-refractivity contribution in [3.63, 3.8) is 0 Å². The molecule has 0 aromatic rings. The molecule has 0 saturated carbocycles. The zero-order valence-electron chi connectivity index (χ0n) is 6.44. The van der Waals surface area contributed by atoms with Gasteiger partial charge < -0.3 is 5.43 Å². The highest BCUT2D eigenvalue weighted by molar-refractivity contribution is 4.95. The van der Waals surface area contributed by atoms with E-state index in [0.29, 0.717) is 5.92 Å². The first kappa shape index (κ1) is 8.50. The minimum Gasteiger partial charge on any atom is -0.329 e. The highest BCUT2D eigenvalue weighted by Gasteiger charge is 1.91. The lowest BCUT2D eigenvalue weighted by atomic mass is 10.1. The zero-order chi connectivity index (χ0) is 7.28. The topological polar surface area (TPSA) is 38.0 Å². The number of nitrogens with two attached hydrogens (primary N) is 1. The molecular weight excluding hydrogens is 112 g/mol. The van der Waals surface area contributed by atoms with Gasteiger partial charge in [0.15, 0.2) is 0 Å². The molecular formula is C7H16N2. The minimum atomic E-state index is 0.626. The number of hydrogen-bond donors (Lipinski definition) is 2. The predicted octanol–water partition coefficient (Wildman–Crippen LogP) is 1.40. The van der Waals surface area contributed by atoms with E-state index in [0.717, 1.165) is 5.70 Å². The Bertz CT molecular complexity index is 97.1. The first-order chi connectivity index (χ1) is 4.20. The number of nitrogens with one attached hydrogen (secondary N) is 1. The van der Waals surface area contributed by atoms with Gasteiger partial charge in [-0.3, -0.25) is 5.84 Å². The van der Waals surface area contributed by atoms with Gasteiger partial charge in [-0.15, -0.1) is 0 Å². The lowest BCUT2D eigenvalue weighted by Crippen LogP contribution is -2.19. The van der Waals surface area contributed by atoms with E-state index in [4.69, 9.17) is 5.84 Å². The molecule has 0 heterocycles. The largest absolute Gasteiger partial charge is 0.329 e. The van der Waals surface area contributed by atoms with Gasteiger partial charge in [0.05, 0.1) is 0 Å². The molecule has 0 aromatic heterocycles. The van der Waals surface area contributed by atoms with Crippen molar-refractivity contribution < 1.29 is 0 Å². The summed E-state index contributed by atoms with van der Waals surface area (Å²) in [6, 6.07) is 0. The summed E-state index contributed by atoms with van der Waals surface area (Å²) >= 11 is 0. The Morgan fingerprint density at radius 2 is 2.33 bits per heavy atom. The first-order valence-electron chi connectivity index (χ1n) is 3.35. The van der Waals surface area contributed by atoms with Crippen molar-refractivity contribution in [3.8, 4) is 0 Å². The van der Waals surface area contributed by atoms with Crippen LogP contribution in [0.15, 0.2) is 11.8 Å². The second-order valence-electron chi connectivity index (χ2n) is 2.38. The molecule has 0 spiro atoms. The van der Waals surface area contributed by atoms with Crippen LogP contribution in [-0.2, 0) is 0 Å². The maximum atomic E-state index is 5.16. The van der Waals surface area contributed by atoms with Crippen LogP contribution in [0.1, 0.15) is 27.2 Å². The van der Waals surface area contributed by atoms with Crippen molar-refractivity contribution in [3.05, 3.63) is 11.8 Å². The fourth-order valence-corrected chi connectivity index (χ4v) is 0.593. The van der Waals surface area contributed by atoms with Crippen LogP contribution in [0.3, 0.4) is 0 Å². The molecule has 9 heavy (non-hydrogen) atoms.